The number of aromatic nitrogens is 1. The molecule has 1 unspecified atom stereocenters. The number of rotatable bonds is 7. The molecule has 0 radical (unpaired) electrons. The molecule has 148 valence electrons. The zero-order valence-corrected chi connectivity index (χ0v) is 18.3. The number of hydrogen-bond acceptors (Lipinski definition) is 4. The summed E-state index contributed by atoms with van der Waals surface area (Å²) in [5.41, 5.74) is 2.45. The summed E-state index contributed by atoms with van der Waals surface area (Å²) in [6, 6.07) is 2.98. The van der Waals surface area contributed by atoms with Gasteiger partial charge in [0.2, 0.25) is 10.2 Å². The maximum absolute atomic E-state index is 14.0. The van der Waals surface area contributed by atoms with Crippen molar-refractivity contribution in [3.8, 4) is 0 Å². The van der Waals surface area contributed by atoms with Crippen LogP contribution in [0, 0.1) is 5.82 Å². The quantitative estimate of drug-likeness (QED) is 0.696. The molecule has 2 rings (SSSR count). The first-order chi connectivity index (χ1) is 12.6. The van der Waals surface area contributed by atoms with Gasteiger partial charge in [-0.15, -0.1) is 11.3 Å². The first kappa shape index (κ1) is 21.7. The van der Waals surface area contributed by atoms with E-state index in [1.165, 1.54) is 23.5 Å². The van der Waals surface area contributed by atoms with Crippen molar-refractivity contribution < 1.29 is 13.4 Å². The third-order valence-electron chi connectivity index (χ3n) is 4.30. The highest BCUT2D eigenvalue weighted by molar-refractivity contribution is 7.85. The van der Waals surface area contributed by atoms with Crippen LogP contribution in [0.15, 0.2) is 22.7 Å². The van der Waals surface area contributed by atoms with E-state index in [-0.39, 0.29) is 30.0 Å². The van der Waals surface area contributed by atoms with Crippen molar-refractivity contribution in [2.24, 2.45) is 0 Å². The molecule has 1 amide bonds. The molecule has 0 fully saturated rings. The number of nitrogens with zero attached hydrogens (tertiary/aromatic N) is 1. The molecule has 1 aromatic carbocycles. The molecule has 0 spiro atoms. The Kier molecular flexibility index (Phi) is 7.28. The number of carbonyl (C=O) groups excluding carboxylic acids is 1. The fourth-order valence-corrected chi connectivity index (χ4v) is 4.76. The fraction of sp³-hybridized carbons (Fsp3) is 0.500. The van der Waals surface area contributed by atoms with Gasteiger partial charge in [0.15, 0.2) is 11.0 Å². The molecular weight excluding hydrogens is 383 g/mol. The zero-order chi connectivity index (χ0) is 20.3. The highest BCUT2D eigenvalue weighted by atomic mass is 32.2. The Morgan fingerprint density at radius 3 is 2.11 bits per heavy atom. The summed E-state index contributed by atoms with van der Waals surface area (Å²) < 4.78 is 29.4. The van der Waals surface area contributed by atoms with Crippen molar-refractivity contribution >= 4 is 28.2 Å². The molecule has 0 bridgehead atoms. The van der Waals surface area contributed by atoms with E-state index in [0.29, 0.717) is 10.3 Å². The summed E-state index contributed by atoms with van der Waals surface area (Å²) in [6.07, 6.45) is 1.76. The summed E-state index contributed by atoms with van der Waals surface area (Å²) in [5, 5.41) is 0. The van der Waals surface area contributed by atoms with Crippen molar-refractivity contribution in [1.29, 1.82) is 0 Å². The predicted octanol–water partition coefficient (Wildman–Crippen LogP) is 5.03. The Morgan fingerprint density at radius 2 is 1.67 bits per heavy atom. The lowest BCUT2D eigenvalue weighted by atomic mass is 9.87. The molecule has 0 aliphatic carbocycles. The van der Waals surface area contributed by atoms with Crippen LogP contribution in [0.1, 0.15) is 80.9 Å². The van der Waals surface area contributed by atoms with Crippen molar-refractivity contribution in [2.45, 2.75) is 70.1 Å². The first-order valence-electron chi connectivity index (χ1n) is 9.09. The van der Waals surface area contributed by atoms with Gasteiger partial charge in [0.05, 0.1) is 6.42 Å². The predicted molar refractivity (Wildman–Crippen MR) is 109 cm³/mol. The maximum atomic E-state index is 14.0. The summed E-state index contributed by atoms with van der Waals surface area (Å²) in [4.78, 5) is 17.7. The van der Waals surface area contributed by atoms with Crippen molar-refractivity contribution in [3.63, 3.8) is 0 Å². The lowest BCUT2D eigenvalue weighted by Gasteiger charge is -2.19. The Bertz CT molecular complexity index is 815. The number of thiazole rings is 1. The Hall–Kier alpha value is -1.60. The van der Waals surface area contributed by atoms with Gasteiger partial charge in [-0.2, -0.15) is 0 Å². The normalized spacial score (nSPS) is 12.8. The van der Waals surface area contributed by atoms with Crippen molar-refractivity contribution in [2.75, 3.05) is 0 Å². The van der Waals surface area contributed by atoms with Crippen LogP contribution >= 0.6 is 11.3 Å². The topological polar surface area (TPSA) is 59.1 Å². The zero-order valence-electron chi connectivity index (χ0n) is 16.6. The molecule has 0 saturated heterocycles. The van der Waals surface area contributed by atoms with Gasteiger partial charge < -0.3 is 0 Å². The third kappa shape index (κ3) is 5.45. The van der Waals surface area contributed by atoms with Gasteiger partial charge in [-0.05, 0) is 46.6 Å². The number of halogens is 1. The smallest absolute Gasteiger partial charge is 0.236 e. The lowest BCUT2D eigenvalue weighted by Crippen LogP contribution is -2.28. The minimum absolute atomic E-state index is 0.0649. The molecule has 4 nitrogen and oxygen atoms in total. The van der Waals surface area contributed by atoms with E-state index in [0.717, 1.165) is 21.6 Å². The van der Waals surface area contributed by atoms with Crippen LogP contribution in [-0.2, 0) is 22.2 Å². The van der Waals surface area contributed by atoms with Crippen LogP contribution in [-0.4, -0.2) is 15.1 Å². The van der Waals surface area contributed by atoms with Crippen LogP contribution < -0.4 is 4.72 Å². The second-order valence-corrected chi connectivity index (χ2v) is 9.98. The Balaban J connectivity index is 2.22. The number of carbonyl (C=O) groups is 1. The molecule has 0 aliphatic rings. The van der Waals surface area contributed by atoms with Gasteiger partial charge in [-0.25, -0.2) is 13.6 Å². The van der Waals surface area contributed by atoms with Gasteiger partial charge in [-0.1, -0.05) is 41.5 Å². The highest BCUT2D eigenvalue weighted by Crippen LogP contribution is 2.30. The first-order valence-corrected chi connectivity index (χ1v) is 11.1. The largest absolute Gasteiger partial charge is 0.274 e. The van der Waals surface area contributed by atoms with Crippen LogP contribution in [0.25, 0.3) is 0 Å². The van der Waals surface area contributed by atoms with Crippen molar-refractivity contribution in [1.82, 2.24) is 9.71 Å². The SMILES string of the molecule is CC(C)c1cnc(S(=O)NC(=O)Cc2c(C(C)C)cc(F)cc2C(C)C)s1. The number of amides is 1. The Morgan fingerprint density at radius 1 is 1.11 bits per heavy atom. The molecule has 7 heteroatoms. The number of benzene rings is 1. The summed E-state index contributed by atoms with van der Waals surface area (Å²) in [5.74, 6) is -0.187. The molecule has 1 heterocycles. The van der Waals surface area contributed by atoms with Crippen LogP contribution in [0.3, 0.4) is 0 Å². The van der Waals surface area contributed by atoms with Gasteiger partial charge in [-0.3, -0.25) is 9.52 Å². The van der Waals surface area contributed by atoms with E-state index in [1.54, 1.807) is 6.20 Å². The van der Waals surface area contributed by atoms with E-state index in [1.807, 2.05) is 41.5 Å². The summed E-state index contributed by atoms with van der Waals surface area (Å²) in [7, 11) is -1.69. The number of nitrogens with one attached hydrogen (secondary N) is 1. The van der Waals surface area contributed by atoms with Gasteiger partial charge in [0.1, 0.15) is 5.82 Å². The van der Waals surface area contributed by atoms with E-state index >= 15 is 0 Å². The van der Waals surface area contributed by atoms with Crippen LogP contribution in [0.5, 0.6) is 0 Å². The second-order valence-electron chi connectivity index (χ2n) is 7.53. The van der Waals surface area contributed by atoms with Gasteiger partial charge in [0, 0.05) is 11.1 Å². The molecule has 1 N–H and O–H groups in total. The minimum Gasteiger partial charge on any atom is -0.274 e. The average Bonchev–Trinajstić information content (AvgIpc) is 3.06. The molecule has 2 aromatic rings. The highest BCUT2D eigenvalue weighted by Gasteiger charge is 2.20. The van der Waals surface area contributed by atoms with E-state index in [4.69, 9.17) is 0 Å². The molecule has 0 aliphatic heterocycles. The second kappa shape index (κ2) is 9.06. The van der Waals surface area contributed by atoms with Crippen LogP contribution in [0.4, 0.5) is 4.39 Å². The monoisotopic (exact) mass is 410 g/mol. The van der Waals surface area contributed by atoms with E-state index in [9.17, 15) is 13.4 Å². The minimum atomic E-state index is -1.69. The summed E-state index contributed by atoms with van der Waals surface area (Å²) in [6.45, 7) is 12.0. The average molecular weight is 411 g/mol. The van der Waals surface area contributed by atoms with Crippen LogP contribution in [0.2, 0.25) is 0 Å². The number of hydrogen-bond donors (Lipinski definition) is 1. The summed E-state index contributed by atoms with van der Waals surface area (Å²) >= 11 is 1.34. The van der Waals surface area contributed by atoms with Gasteiger partial charge in [0.25, 0.3) is 0 Å². The maximum Gasteiger partial charge on any atom is 0.236 e. The van der Waals surface area contributed by atoms with Crippen molar-refractivity contribution in [3.05, 3.63) is 45.7 Å². The lowest BCUT2D eigenvalue weighted by molar-refractivity contribution is -0.118. The molecule has 27 heavy (non-hydrogen) atoms. The fourth-order valence-electron chi connectivity index (χ4n) is 2.88. The standard InChI is InChI=1S/C20H27FN2O2S2/c1-11(2)15-7-14(21)8-16(12(3)4)17(15)9-19(24)23-27(25)20-22-10-18(26-20)13(5)6/h7-8,10-13H,9H2,1-6H3,(H,23,24). The Labute approximate surface area is 167 Å². The van der Waals surface area contributed by atoms with E-state index in [2.05, 4.69) is 9.71 Å². The van der Waals surface area contributed by atoms with E-state index < -0.39 is 11.0 Å². The molecular formula is C20H27FN2O2S2. The molecule has 0 saturated carbocycles. The molecule has 1 atom stereocenters. The molecule has 1 aromatic heterocycles. The van der Waals surface area contributed by atoms with Gasteiger partial charge >= 0.3 is 0 Å². The third-order valence-corrected chi connectivity index (χ3v) is 6.93.